The van der Waals surface area contributed by atoms with Gasteiger partial charge in [0.1, 0.15) is 133 Å². The number of hydrogen-bond acceptors (Lipinski definition) is 3. The van der Waals surface area contributed by atoms with Crippen LogP contribution in [0.25, 0.3) is 78.0 Å². The topological polar surface area (TPSA) is 48.5 Å². The monoisotopic (exact) mass is 995 g/mol. The molecule has 34 radical (unpaired) electrons. The van der Waals surface area contributed by atoms with Crippen molar-refractivity contribution in [1.29, 1.82) is 0 Å². The quantitative estimate of drug-likeness (QED) is 0.143. The van der Waals surface area contributed by atoms with Crippen LogP contribution in [0, 0.1) is 0 Å². The lowest BCUT2D eigenvalue weighted by molar-refractivity contribution is 0.895. The van der Waals surface area contributed by atoms with E-state index in [4.69, 9.17) is 148 Å². The van der Waals surface area contributed by atoms with Gasteiger partial charge in [-0.3, -0.25) is 9.13 Å². The van der Waals surface area contributed by atoms with E-state index in [2.05, 4.69) is 0 Å². The molecule has 0 saturated carbocycles. The van der Waals surface area contributed by atoms with E-state index in [1.807, 2.05) is 133 Å². The van der Waals surface area contributed by atoms with Crippen molar-refractivity contribution in [3.05, 3.63) is 133 Å². The third-order valence-electron chi connectivity index (χ3n) is 15.1. The lowest BCUT2D eigenvalue weighted by Crippen LogP contribution is -2.55. The molecule has 12 rings (SSSR count). The maximum absolute atomic E-state index is 7.87. The van der Waals surface area contributed by atoms with E-state index >= 15 is 0 Å². The van der Waals surface area contributed by atoms with Crippen LogP contribution >= 0.6 is 10.0 Å². The molecule has 0 aliphatic carbocycles. The third-order valence-corrected chi connectivity index (χ3v) is 19.0. The van der Waals surface area contributed by atoms with Gasteiger partial charge >= 0.3 is 0 Å². The van der Waals surface area contributed by atoms with E-state index in [0.29, 0.717) is 64.5 Å². The zero-order valence-corrected chi connectivity index (χ0v) is 43.5. The van der Waals surface area contributed by atoms with Gasteiger partial charge in [-0.15, -0.1) is 53.7 Å². The summed E-state index contributed by atoms with van der Waals surface area (Å²) in [5.74, 6) is -0.0678. The molecule has 3 heterocycles. The Morgan fingerprint density at radius 2 is 0.675 bits per heavy atom. The standard InChI is InChI=1S/C57H22B17N5S/c58-35-31(36(59)42(65)46(69)41(35)64)23-12-11-17-26(22-23)80(24-13-3-1-4-14-24,25-15-5-2-6-16-25)54-40(63)34(39(62)45(68)51(54)74)55-75-56(78-29-20-9-7-18-27(29)32-37(60)43(66)47(70)49(72)52(32)78)77-57(76-55)79-30-21-10-8-19-28(30)33-38(61)44(67)48(71)50(73)53(33)79/h1-22H. The fourth-order valence-electron chi connectivity index (χ4n) is 11.1. The van der Waals surface area contributed by atoms with Crippen LogP contribution in [0.15, 0.2) is 153 Å². The average molecular weight is 993 g/mol. The summed E-state index contributed by atoms with van der Waals surface area (Å²) < 4.78 is 3.44. The fraction of sp³-hybridized carbons (Fsp3) is 0. The number of rotatable bonds is 8. The van der Waals surface area contributed by atoms with Crippen molar-refractivity contribution in [2.75, 3.05) is 0 Å². The molecule has 0 N–H and O–H groups in total. The summed E-state index contributed by atoms with van der Waals surface area (Å²) in [6, 6.07) is 42.0. The molecule has 0 aliphatic heterocycles. The number of aromatic nitrogens is 5. The first-order valence-corrected chi connectivity index (χ1v) is 26.3. The molecule has 0 fully saturated rings. The van der Waals surface area contributed by atoms with Crippen molar-refractivity contribution in [3.63, 3.8) is 0 Å². The predicted octanol–water partition coefficient (Wildman–Crippen LogP) is -5.76. The summed E-state index contributed by atoms with van der Waals surface area (Å²) in [7, 11) is 114. The summed E-state index contributed by atoms with van der Waals surface area (Å²) in [5, 5.41) is 2.31. The summed E-state index contributed by atoms with van der Waals surface area (Å²) in [6.45, 7) is 0. The highest BCUT2D eigenvalue weighted by Crippen LogP contribution is 2.72. The summed E-state index contributed by atoms with van der Waals surface area (Å²) in [6.07, 6.45) is 0. The smallest absolute Gasteiger partial charge is 0.240 e. The number of hydrogen-bond donors (Lipinski definition) is 0. The Hall–Kier alpha value is -6.96. The first-order chi connectivity index (χ1) is 38.3. The summed E-state index contributed by atoms with van der Waals surface area (Å²) >= 11 is 0. The Kier molecular flexibility index (Phi) is 13.4. The highest BCUT2D eigenvalue weighted by Gasteiger charge is 2.38. The molecule has 23 heteroatoms. The second-order valence-electron chi connectivity index (χ2n) is 19.3. The molecular weight excluding hydrogens is 971 g/mol. The highest BCUT2D eigenvalue weighted by molar-refractivity contribution is 8.34. The van der Waals surface area contributed by atoms with Crippen molar-refractivity contribution in [1.82, 2.24) is 24.1 Å². The largest absolute Gasteiger partial charge is 0.278 e. The van der Waals surface area contributed by atoms with Gasteiger partial charge in [-0.1, -0.05) is 134 Å². The van der Waals surface area contributed by atoms with Crippen molar-refractivity contribution >= 4 is 280 Å². The second kappa shape index (κ2) is 19.9. The predicted molar refractivity (Wildman–Crippen MR) is 351 cm³/mol. The first-order valence-electron chi connectivity index (χ1n) is 24.7. The van der Waals surface area contributed by atoms with Gasteiger partial charge in [0.15, 0.2) is 5.82 Å². The molecule has 9 aromatic carbocycles. The van der Waals surface area contributed by atoms with Gasteiger partial charge in [0.05, 0.1) is 11.0 Å². The second-order valence-corrected chi connectivity index (χ2v) is 22.3. The van der Waals surface area contributed by atoms with E-state index in [9.17, 15) is 0 Å². The zero-order valence-electron chi connectivity index (χ0n) is 42.7. The SMILES string of the molecule is [B]c1c([B])c([B])c(-c2cccc(S(c3ccccc3)(c3ccccc3)c3c([B])c([B])c([B])c(-c4nc(-n5c6ccccc6c6c([B])c([B])c([B])c([B])c65)nc(-n5c6ccccc6c6c([B])c([B])c([B])c([B])c65)n4)c3[B])c2)c([B])c1[B]. The number of fused-ring (bicyclic) bond motifs is 6. The number of para-hydroxylation sites is 2. The third kappa shape index (κ3) is 7.68. The normalized spacial score (nSPS) is 12.1. The molecule has 0 spiro atoms. The lowest BCUT2D eigenvalue weighted by Gasteiger charge is -2.45. The van der Waals surface area contributed by atoms with Crippen LogP contribution in [0.2, 0.25) is 0 Å². The van der Waals surface area contributed by atoms with Gasteiger partial charge in [-0.25, -0.2) is 0 Å². The molecule has 332 valence electrons. The Morgan fingerprint density at radius 3 is 1.15 bits per heavy atom. The molecule has 0 atom stereocenters. The zero-order chi connectivity index (χ0) is 56.5. The number of nitrogens with zero attached hydrogens (tertiary/aromatic N) is 5. The molecule has 0 saturated heterocycles. The van der Waals surface area contributed by atoms with Crippen LogP contribution in [0.1, 0.15) is 0 Å². The molecule has 3 aromatic heterocycles. The van der Waals surface area contributed by atoms with Crippen molar-refractivity contribution in [2.24, 2.45) is 0 Å². The van der Waals surface area contributed by atoms with Crippen LogP contribution in [0.3, 0.4) is 0 Å². The Labute approximate surface area is 488 Å². The Balaban J connectivity index is 1.26. The van der Waals surface area contributed by atoms with E-state index in [1.165, 1.54) is 0 Å². The van der Waals surface area contributed by atoms with E-state index in [-0.39, 0.29) is 116 Å². The summed E-state index contributed by atoms with van der Waals surface area (Å²) in [5.41, 5.74) is 4.40. The van der Waals surface area contributed by atoms with Crippen LogP contribution in [0.5, 0.6) is 0 Å². The van der Waals surface area contributed by atoms with E-state index < -0.39 is 10.0 Å². The average Bonchev–Trinajstić information content (AvgIpc) is 4.17. The van der Waals surface area contributed by atoms with Crippen molar-refractivity contribution in [2.45, 2.75) is 19.6 Å². The lowest BCUT2D eigenvalue weighted by atomic mass is 9.60. The van der Waals surface area contributed by atoms with Crippen LogP contribution < -0.4 is 92.9 Å². The van der Waals surface area contributed by atoms with Crippen LogP contribution in [-0.4, -0.2) is 157 Å². The molecule has 12 aromatic rings. The molecule has 0 unspecified atom stereocenters. The minimum atomic E-state index is -2.94. The van der Waals surface area contributed by atoms with Crippen LogP contribution in [0.4, 0.5) is 0 Å². The minimum Gasteiger partial charge on any atom is -0.278 e. The van der Waals surface area contributed by atoms with Crippen molar-refractivity contribution in [3.8, 4) is 34.4 Å². The molecule has 80 heavy (non-hydrogen) atoms. The Bertz CT molecular complexity index is 4420. The Morgan fingerprint density at radius 1 is 0.300 bits per heavy atom. The van der Waals surface area contributed by atoms with E-state index in [1.54, 1.807) is 9.13 Å². The van der Waals surface area contributed by atoms with Gasteiger partial charge in [0.25, 0.3) is 0 Å². The molecular formula is C57H22B17N5S. The number of benzene rings is 9. The molecule has 5 nitrogen and oxygen atoms in total. The van der Waals surface area contributed by atoms with Gasteiger partial charge in [-0.05, 0) is 75.3 Å². The molecule has 0 aliphatic rings. The minimum absolute atomic E-state index is 0.00207. The molecule has 0 bridgehead atoms. The van der Waals surface area contributed by atoms with Gasteiger partial charge in [0.2, 0.25) is 11.9 Å². The van der Waals surface area contributed by atoms with Gasteiger partial charge in [-0.2, -0.15) is 15.0 Å². The first kappa shape index (κ1) is 53.7. The fourth-order valence-corrected chi connectivity index (χ4v) is 15.2. The van der Waals surface area contributed by atoms with Crippen LogP contribution in [-0.2, 0) is 0 Å². The molecule has 0 amide bonds. The van der Waals surface area contributed by atoms with E-state index in [0.717, 1.165) is 9.79 Å². The summed E-state index contributed by atoms with van der Waals surface area (Å²) in [4.78, 5) is 18.5. The maximum atomic E-state index is 7.87. The maximum Gasteiger partial charge on any atom is 0.240 e. The highest BCUT2D eigenvalue weighted by atomic mass is 32.3. The van der Waals surface area contributed by atoms with Gasteiger partial charge in [0, 0.05) is 42.1 Å². The van der Waals surface area contributed by atoms with Gasteiger partial charge < -0.3 is 0 Å². The van der Waals surface area contributed by atoms with Crippen molar-refractivity contribution < 1.29 is 0 Å².